The average Bonchev–Trinajstić information content (AvgIpc) is 3.24. The maximum Gasteiger partial charge on any atom is 0.319 e. The molecule has 1 aromatic rings. The number of hydrogen-bond acceptors (Lipinski definition) is 3. The number of amides is 2. The Labute approximate surface area is 149 Å². The smallest absolute Gasteiger partial charge is 0.319 e. The molecular weight excluding hydrogens is 314 g/mol. The van der Waals surface area contributed by atoms with Crippen LogP contribution in [0.5, 0.6) is 0 Å². The third-order valence-electron chi connectivity index (χ3n) is 6.45. The van der Waals surface area contributed by atoms with Crippen molar-refractivity contribution in [3.8, 4) is 0 Å². The molecule has 3 N–H and O–H groups in total. The Kier molecular flexibility index (Phi) is 4.84. The molecule has 2 aliphatic carbocycles. The number of aliphatic hydroxyl groups is 1. The van der Waals surface area contributed by atoms with E-state index in [1.807, 2.05) is 18.2 Å². The predicted octanol–water partition coefficient (Wildman–Crippen LogP) is 3.21. The molecule has 25 heavy (non-hydrogen) atoms. The maximum absolute atomic E-state index is 12.6. The van der Waals surface area contributed by atoms with Crippen molar-refractivity contribution >= 4 is 17.4 Å². The van der Waals surface area contributed by atoms with Crippen LogP contribution in [0.3, 0.4) is 0 Å². The fraction of sp³-hybridized carbons (Fsp3) is 0.650. The van der Waals surface area contributed by atoms with E-state index in [1.54, 1.807) is 0 Å². The highest BCUT2D eigenvalue weighted by Crippen LogP contribution is 2.48. The molecular formula is C20H29N3O2. The Morgan fingerprint density at radius 2 is 1.88 bits per heavy atom. The monoisotopic (exact) mass is 343 g/mol. The number of carbonyl (C=O) groups excluding carboxylic acids is 1. The number of nitrogens with one attached hydrogen (secondary N) is 2. The number of nitrogens with zero attached hydrogens (tertiary/aromatic N) is 1. The highest BCUT2D eigenvalue weighted by atomic mass is 16.3. The summed E-state index contributed by atoms with van der Waals surface area (Å²) in [6, 6.07) is 8.05. The van der Waals surface area contributed by atoms with Crippen LogP contribution in [0.1, 0.15) is 38.5 Å². The second-order valence-electron chi connectivity index (χ2n) is 7.87. The summed E-state index contributed by atoms with van der Waals surface area (Å²) in [5.41, 5.74) is 2.00. The van der Waals surface area contributed by atoms with Gasteiger partial charge >= 0.3 is 6.03 Å². The molecule has 0 aromatic heterocycles. The van der Waals surface area contributed by atoms with Gasteiger partial charge < -0.3 is 20.6 Å². The number of anilines is 2. The minimum absolute atomic E-state index is 0.117. The molecule has 4 unspecified atom stereocenters. The molecule has 0 radical (unpaired) electrons. The summed E-state index contributed by atoms with van der Waals surface area (Å²) < 4.78 is 0. The van der Waals surface area contributed by atoms with Crippen molar-refractivity contribution in [1.29, 1.82) is 0 Å². The van der Waals surface area contributed by atoms with Crippen LogP contribution in [-0.2, 0) is 0 Å². The standard InChI is InChI=1S/C20H29N3O2/c24-13-16-14-8-9-15(12-14)19(16)22-20(25)21-17-6-2-3-7-18(17)23-10-4-1-5-11-23/h2-3,6-7,14-16,19,24H,1,4-5,8-13H2,(H2,21,22,25). The van der Waals surface area contributed by atoms with Gasteiger partial charge in [0.1, 0.15) is 0 Å². The maximum atomic E-state index is 12.6. The van der Waals surface area contributed by atoms with Gasteiger partial charge in [-0.15, -0.1) is 0 Å². The first-order chi connectivity index (χ1) is 12.3. The Hall–Kier alpha value is -1.75. The molecule has 1 aliphatic heterocycles. The lowest BCUT2D eigenvalue weighted by atomic mass is 9.85. The zero-order valence-corrected chi connectivity index (χ0v) is 14.8. The van der Waals surface area contributed by atoms with E-state index in [2.05, 4.69) is 21.6 Å². The molecule has 1 saturated heterocycles. The van der Waals surface area contributed by atoms with Crippen LogP contribution in [0, 0.1) is 17.8 Å². The SMILES string of the molecule is O=C(Nc1ccccc1N1CCCCC1)NC1C2CCC(C2)C1CO. The number of aliphatic hydroxyl groups excluding tert-OH is 1. The molecule has 1 heterocycles. The Bertz CT molecular complexity index is 615. The lowest BCUT2D eigenvalue weighted by Crippen LogP contribution is -2.47. The quantitative estimate of drug-likeness (QED) is 0.786. The van der Waals surface area contributed by atoms with E-state index < -0.39 is 0 Å². The number of hydrogen-bond donors (Lipinski definition) is 3. The highest BCUT2D eigenvalue weighted by molar-refractivity contribution is 5.93. The third-order valence-corrected chi connectivity index (χ3v) is 6.45. The summed E-state index contributed by atoms with van der Waals surface area (Å²) in [5, 5.41) is 15.9. The molecule has 1 aromatic carbocycles. The number of rotatable bonds is 4. The minimum atomic E-state index is -0.138. The van der Waals surface area contributed by atoms with Gasteiger partial charge in [0.2, 0.25) is 0 Å². The number of benzene rings is 1. The number of para-hydroxylation sites is 2. The second-order valence-corrected chi connectivity index (χ2v) is 7.87. The van der Waals surface area contributed by atoms with Gasteiger partial charge in [-0.3, -0.25) is 0 Å². The van der Waals surface area contributed by atoms with Gasteiger partial charge in [-0.1, -0.05) is 12.1 Å². The van der Waals surface area contributed by atoms with Gasteiger partial charge in [0.25, 0.3) is 0 Å². The van der Waals surface area contributed by atoms with E-state index >= 15 is 0 Å². The van der Waals surface area contributed by atoms with Gasteiger partial charge in [-0.25, -0.2) is 4.79 Å². The molecule has 5 nitrogen and oxygen atoms in total. The molecule has 2 amide bonds. The van der Waals surface area contributed by atoms with Crippen molar-refractivity contribution in [2.24, 2.45) is 17.8 Å². The minimum Gasteiger partial charge on any atom is -0.396 e. The fourth-order valence-corrected chi connectivity index (χ4v) is 5.20. The fourth-order valence-electron chi connectivity index (χ4n) is 5.20. The van der Waals surface area contributed by atoms with Crippen LogP contribution in [0.4, 0.5) is 16.2 Å². The zero-order chi connectivity index (χ0) is 17.2. The normalized spacial score (nSPS) is 31.2. The molecule has 4 atom stereocenters. The van der Waals surface area contributed by atoms with E-state index in [4.69, 9.17) is 0 Å². The summed E-state index contributed by atoms with van der Waals surface area (Å²) >= 11 is 0. The lowest BCUT2D eigenvalue weighted by Gasteiger charge is -2.32. The summed E-state index contributed by atoms with van der Waals surface area (Å²) in [4.78, 5) is 15.0. The summed E-state index contributed by atoms with van der Waals surface area (Å²) in [6.07, 6.45) is 7.25. The lowest BCUT2D eigenvalue weighted by molar-refractivity contribution is 0.146. The molecule has 4 rings (SSSR count). The van der Waals surface area contributed by atoms with Crippen LogP contribution in [0.15, 0.2) is 24.3 Å². The van der Waals surface area contributed by atoms with Crippen molar-refractivity contribution in [3.63, 3.8) is 0 Å². The van der Waals surface area contributed by atoms with Gasteiger partial charge in [0.15, 0.2) is 0 Å². The molecule has 2 saturated carbocycles. The van der Waals surface area contributed by atoms with E-state index in [0.717, 1.165) is 30.9 Å². The van der Waals surface area contributed by atoms with Crippen molar-refractivity contribution in [1.82, 2.24) is 5.32 Å². The number of urea groups is 1. The van der Waals surface area contributed by atoms with Gasteiger partial charge in [0.05, 0.1) is 11.4 Å². The van der Waals surface area contributed by atoms with E-state index in [1.165, 1.54) is 32.1 Å². The molecule has 2 bridgehead atoms. The Morgan fingerprint density at radius 1 is 1.12 bits per heavy atom. The second kappa shape index (κ2) is 7.24. The zero-order valence-electron chi connectivity index (χ0n) is 14.8. The van der Waals surface area contributed by atoms with Gasteiger partial charge in [-0.2, -0.15) is 0 Å². The summed E-state index contributed by atoms with van der Waals surface area (Å²) in [7, 11) is 0. The van der Waals surface area contributed by atoms with E-state index in [9.17, 15) is 9.90 Å². The van der Waals surface area contributed by atoms with Crippen LogP contribution >= 0.6 is 0 Å². The first-order valence-corrected chi connectivity index (χ1v) is 9.78. The van der Waals surface area contributed by atoms with Crippen LogP contribution in [-0.4, -0.2) is 36.9 Å². The average molecular weight is 343 g/mol. The molecule has 136 valence electrons. The van der Waals surface area contributed by atoms with Crippen molar-refractivity contribution in [2.45, 2.75) is 44.6 Å². The molecule has 3 aliphatic rings. The summed E-state index contributed by atoms with van der Waals surface area (Å²) in [6.45, 7) is 2.29. The Balaban J connectivity index is 1.43. The van der Waals surface area contributed by atoms with E-state index in [0.29, 0.717) is 11.8 Å². The number of fused-ring (bicyclic) bond motifs is 2. The predicted molar refractivity (Wildman–Crippen MR) is 99.9 cm³/mol. The number of piperidine rings is 1. The molecule has 0 spiro atoms. The summed E-state index contributed by atoms with van der Waals surface area (Å²) in [5.74, 6) is 1.34. The highest BCUT2D eigenvalue weighted by Gasteiger charge is 2.47. The number of carbonyl (C=O) groups is 1. The van der Waals surface area contributed by atoms with Gasteiger partial charge in [0, 0.05) is 31.7 Å². The van der Waals surface area contributed by atoms with Crippen LogP contribution in [0.2, 0.25) is 0 Å². The van der Waals surface area contributed by atoms with Crippen molar-refractivity contribution in [2.75, 3.05) is 29.9 Å². The largest absolute Gasteiger partial charge is 0.396 e. The van der Waals surface area contributed by atoms with Crippen molar-refractivity contribution in [3.05, 3.63) is 24.3 Å². The first kappa shape index (κ1) is 16.7. The van der Waals surface area contributed by atoms with Crippen LogP contribution < -0.4 is 15.5 Å². The third kappa shape index (κ3) is 3.34. The van der Waals surface area contributed by atoms with E-state index in [-0.39, 0.29) is 24.6 Å². The van der Waals surface area contributed by atoms with Gasteiger partial charge in [-0.05, 0) is 62.5 Å². The van der Waals surface area contributed by atoms with Crippen LogP contribution in [0.25, 0.3) is 0 Å². The van der Waals surface area contributed by atoms with Crippen molar-refractivity contribution < 1.29 is 9.90 Å². The Morgan fingerprint density at radius 3 is 2.68 bits per heavy atom. The first-order valence-electron chi connectivity index (χ1n) is 9.78. The topological polar surface area (TPSA) is 64.6 Å². The molecule has 5 heteroatoms. The molecule has 3 fully saturated rings.